The van der Waals surface area contributed by atoms with Gasteiger partial charge in [0.25, 0.3) is 0 Å². The van der Waals surface area contributed by atoms with Crippen LogP contribution in [0.25, 0.3) is 21.5 Å². The Bertz CT molecular complexity index is 1090. The van der Waals surface area contributed by atoms with E-state index in [2.05, 4.69) is 6.07 Å². The summed E-state index contributed by atoms with van der Waals surface area (Å²) in [4.78, 5) is 0. The molecule has 1 N–H and O–H groups in total. The van der Waals surface area contributed by atoms with Gasteiger partial charge in [0, 0.05) is 0 Å². The molecule has 2 atom stereocenters. The summed E-state index contributed by atoms with van der Waals surface area (Å²) < 4.78 is 0. The first-order chi connectivity index (χ1) is 12.3. The summed E-state index contributed by atoms with van der Waals surface area (Å²) in [5.41, 5.74) is 1.62. The van der Waals surface area contributed by atoms with Crippen molar-refractivity contribution < 1.29 is 5.11 Å². The van der Waals surface area contributed by atoms with E-state index in [0.29, 0.717) is 0 Å². The van der Waals surface area contributed by atoms with Gasteiger partial charge in [0.2, 0.25) is 0 Å². The fourth-order valence-electron chi connectivity index (χ4n) is 3.42. The Morgan fingerprint density at radius 1 is 0.720 bits per heavy atom. The number of benzene rings is 4. The van der Waals surface area contributed by atoms with Gasteiger partial charge in [-0.2, -0.15) is 5.26 Å². The summed E-state index contributed by atoms with van der Waals surface area (Å²) in [6.45, 7) is 0. The van der Waals surface area contributed by atoms with E-state index in [4.69, 9.17) is 0 Å². The summed E-state index contributed by atoms with van der Waals surface area (Å²) >= 11 is 0. The standard InChI is InChI=1S/C23H17NO/c24-15-22(21-11-5-9-17-7-3-4-10-20(17)21)23(25)19-13-12-16-6-1-2-8-18(16)14-19/h1-14,22-23,25H/t22-,23+/m0/s1. The Hall–Kier alpha value is -3.15. The maximum absolute atomic E-state index is 10.9. The lowest BCUT2D eigenvalue weighted by atomic mass is 9.87. The zero-order chi connectivity index (χ0) is 17.2. The number of hydrogen-bond donors (Lipinski definition) is 1. The second-order valence-electron chi connectivity index (χ2n) is 6.23. The van der Waals surface area contributed by atoms with Crippen LogP contribution in [0.3, 0.4) is 0 Å². The molecule has 0 aromatic heterocycles. The van der Waals surface area contributed by atoms with Crippen molar-refractivity contribution in [2.75, 3.05) is 0 Å². The molecular formula is C23H17NO. The fourth-order valence-corrected chi connectivity index (χ4v) is 3.42. The van der Waals surface area contributed by atoms with E-state index in [-0.39, 0.29) is 0 Å². The predicted molar refractivity (Wildman–Crippen MR) is 101 cm³/mol. The van der Waals surface area contributed by atoms with E-state index < -0.39 is 12.0 Å². The highest BCUT2D eigenvalue weighted by Gasteiger charge is 2.24. The van der Waals surface area contributed by atoms with Gasteiger partial charge >= 0.3 is 0 Å². The van der Waals surface area contributed by atoms with Crippen molar-refractivity contribution in [3.05, 3.63) is 96.1 Å². The molecule has 0 radical (unpaired) electrons. The zero-order valence-corrected chi connectivity index (χ0v) is 13.6. The molecule has 0 heterocycles. The minimum atomic E-state index is -0.875. The lowest BCUT2D eigenvalue weighted by molar-refractivity contribution is 0.165. The third-order valence-electron chi connectivity index (χ3n) is 4.73. The molecule has 0 saturated carbocycles. The molecule has 2 nitrogen and oxygen atoms in total. The molecule has 0 fully saturated rings. The molecule has 0 saturated heterocycles. The van der Waals surface area contributed by atoms with E-state index in [0.717, 1.165) is 32.7 Å². The average molecular weight is 323 g/mol. The molecule has 0 bridgehead atoms. The van der Waals surface area contributed by atoms with Crippen LogP contribution in [0, 0.1) is 11.3 Å². The highest BCUT2D eigenvalue weighted by Crippen LogP contribution is 2.35. The summed E-state index contributed by atoms with van der Waals surface area (Å²) in [6, 6.07) is 30.1. The van der Waals surface area contributed by atoms with E-state index >= 15 is 0 Å². The van der Waals surface area contributed by atoms with Crippen molar-refractivity contribution in [3.8, 4) is 6.07 Å². The molecule has 4 aromatic carbocycles. The van der Waals surface area contributed by atoms with Gasteiger partial charge in [-0.05, 0) is 38.7 Å². The lowest BCUT2D eigenvalue weighted by Gasteiger charge is -2.19. The normalized spacial score (nSPS) is 13.4. The molecule has 4 rings (SSSR count). The first-order valence-electron chi connectivity index (χ1n) is 8.32. The van der Waals surface area contributed by atoms with Crippen LogP contribution in [-0.2, 0) is 0 Å². The maximum Gasteiger partial charge on any atom is 0.102 e. The van der Waals surface area contributed by atoms with Crippen LogP contribution < -0.4 is 0 Å². The van der Waals surface area contributed by atoms with Crippen LogP contribution in [0.2, 0.25) is 0 Å². The Morgan fingerprint density at radius 3 is 2.20 bits per heavy atom. The summed E-state index contributed by atoms with van der Waals surface area (Å²) in [6.07, 6.45) is -0.875. The lowest BCUT2D eigenvalue weighted by Crippen LogP contribution is -2.09. The average Bonchev–Trinajstić information content (AvgIpc) is 2.68. The number of nitrogens with zero attached hydrogens (tertiary/aromatic N) is 1. The zero-order valence-electron chi connectivity index (χ0n) is 13.6. The van der Waals surface area contributed by atoms with Crippen molar-refractivity contribution in [3.63, 3.8) is 0 Å². The number of aliphatic hydroxyl groups excluding tert-OH is 1. The molecule has 25 heavy (non-hydrogen) atoms. The monoisotopic (exact) mass is 323 g/mol. The van der Waals surface area contributed by atoms with Gasteiger partial charge in [-0.1, -0.05) is 78.9 Å². The van der Waals surface area contributed by atoms with Crippen LogP contribution >= 0.6 is 0 Å². The molecule has 4 aromatic rings. The molecule has 0 aliphatic heterocycles. The molecule has 0 spiro atoms. The number of aliphatic hydroxyl groups is 1. The molecule has 2 heteroatoms. The molecular weight excluding hydrogens is 306 g/mol. The van der Waals surface area contributed by atoms with Crippen LogP contribution in [0.5, 0.6) is 0 Å². The molecule has 0 amide bonds. The Morgan fingerprint density at radius 2 is 1.40 bits per heavy atom. The van der Waals surface area contributed by atoms with Crippen LogP contribution in [0.15, 0.2) is 84.9 Å². The van der Waals surface area contributed by atoms with Crippen molar-refractivity contribution in [2.24, 2.45) is 0 Å². The minimum Gasteiger partial charge on any atom is -0.387 e. The second-order valence-corrected chi connectivity index (χ2v) is 6.23. The highest BCUT2D eigenvalue weighted by atomic mass is 16.3. The topological polar surface area (TPSA) is 44.0 Å². The van der Waals surface area contributed by atoms with Crippen LogP contribution in [-0.4, -0.2) is 5.11 Å². The van der Waals surface area contributed by atoms with Gasteiger partial charge in [-0.15, -0.1) is 0 Å². The summed E-state index contributed by atoms with van der Waals surface area (Å²) in [7, 11) is 0. The van der Waals surface area contributed by atoms with E-state index in [1.54, 1.807) is 0 Å². The van der Waals surface area contributed by atoms with Crippen molar-refractivity contribution in [1.82, 2.24) is 0 Å². The number of rotatable bonds is 3. The number of nitriles is 1. The fraction of sp³-hybridized carbons (Fsp3) is 0.0870. The van der Waals surface area contributed by atoms with E-state index in [1.807, 2.05) is 84.9 Å². The second kappa shape index (κ2) is 6.39. The minimum absolute atomic E-state index is 0.618. The van der Waals surface area contributed by atoms with Crippen molar-refractivity contribution in [2.45, 2.75) is 12.0 Å². The van der Waals surface area contributed by atoms with Crippen LogP contribution in [0.4, 0.5) is 0 Å². The maximum atomic E-state index is 10.9. The smallest absolute Gasteiger partial charge is 0.102 e. The summed E-state index contributed by atoms with van der Waals surface area (Å²) in [5, 5.41) is 25.0. The Kier molecular flexibility index (Phi) is 3.93. The Labute approximate surface area is 146 Å². The largest absolute Gasteiger partial charge is 0.387 e. The molecule has 0 aliphatic rings. The van der Waals surface area contributed by atoms with Gasteiger partial charge in [-0.3, -0.25) is 0 Å². The van der Waals surface area contributed by atoms with Gasteiger partial charge in [0.1, 0.15) is 5.92 Å². The van der Waals surface area contributed by atoms with Crippen molar-refractivity contribution in [1.29, 1.82) is 5.26 Å². The van der Waals surface area contributed by atoms with Gasteiger partial charge in [0.05, 0.1) is 12.2 Å². The van der Waals surface area contributed by atoms with Gasteiger partial charge in [0.15, 0.2) is 0 Å². The molecule has 0 unspecified atom stereocenters. The van der Waals surface area contributed by atoms with Gasteiger partial charge < -0.3 is 5.11 Å². The number of hydrogen-bond acceptors (Lipinski definition) is 2. The highest BCUT2D eigenvalue weighted by molar-refractivity contribution is 5.87. The third kappa shape index (κ3) is 2.76. The van der Waals surface area contributed by atoms with Crippen molar-refractivity contribution >= 4 is 21.5 Å². The van der Waals surface area contributed by atoms with E-state index in [1.165, 1.54) is 0 Å². The number of fused-ring (bicyclic) bond motifs is 2. The predicted octanol–water partition coefficient (Wildman–Crippen LogP) is 5.33. The van der Waals surface area contributed by atoms with Gasteiger partial charge in [-0.25, -0.2) is 0 Å². The quantitative estimate of drug-likeness (QED) is 0.553. The first-order valence-corrected chi connectivity index (χ1v) is 8.32. The Balaban J connectivity index is 1.80. The molecule has 0 aliphatic carbocycles. The first kappa shape index (κ1) is 15.4. The SMILES string of the molecule is N#C[C@@H](c1cccc2ccccc12)[C@H](O)c1ccc2ccccc2c1. The summed E-state index contributed by atoms with van der Waals surface area (Å²) in [5.74, 6) is -0.618. The van der Waals surface area contributed by atoms with E-state index in [9.17, 15) is 10.4 Å². The third-order valence-corrected chi connectivity index (χ3v) is 4.73. The molecule has 120 valence electrons. The van der Waals surface area contributed by atoms with Crippen LogP contribution in [0.1, 0.15) is 23.1 Å².